The molecule has 1 heterocycles. The highest BCUT2D eigenvalue weighted by molar-refractivity contribution is 5.94. The maximum absolute atomic E-state index is 13.9. The van der Waals surface area contributed by atoms with Gasteiger partial charge in [-0.2, -0.15) is 0 Å². The molecule has 134 valence electrons. The molecular weight excluding hydrogens is 339 g/mol. The van der Waals surface area contributed by atoms with E-state index in [1.54, 1.807) is 31.3 Å². The predicted molar refractivity (Wildman–Crippen MR) is 96.5 cm³/mol. The summed E-state index contributed by atoms with van der Waals surface area (Å²) in [4.78, 5) is 35.8. The number of para-hydroxylation sites is 2. The summed E-state index contributed by atoms with van der Waals surface area (Å²) in [5, 5.41) is 4.96. The number of hydrogen-bond donors (Lipinski definition) is 2. The quantitative estimate of drug-likeness (QED) is 0.750. The van der Waals surface area contributed by atoms with Crippen LogP contribution in [0.5, 0.6) is 0 Å². The standard InChI is InChI=1S/C18H17FN4O3/c1-11(24)20-12-7-8-13(19)14(9-12)21-17(25)10-23-16-6-4-3-5-15(16)22(2)18(23)26/h3-9H,10H2,1-2H3,(H,20,24)(H,21,25). The number of benzene rings is 2. The molecule has 0 saturated heterocycles. The molecule has 0 saturated carbocycles. The number of halogens is 1. The van der Waals surface area contributed by atoms with Gasteiger partial charge < -0.3 is 10.6 Å². The Hall–Kier alpha value is -3.42. The van der Waals surface area contributed by atoms with Gasteiger partial charge in [-0.3, -0.25) is 18.7 Å². The highest BCUT2D eigenvalue weighted by atomic mass is 19.1. The van der Waals surface area contributed by atoms with Gasteiger partial charge in [-0.1, -0.05) is 12.1 Å². The fraction of sp³-hybridized carbons (Fsp3) is 0.167. The Labute approximate surface area is 148 Å². The first-order valence-electron chi connectivity index (χ1n) is 7.88. The number of rotatable bonds is 4. The third kappa shape index (κ3) is 3.34. The zero-order chi connectivity index (χ0) is 18.8. The van der Waals surface area contributed by atoms with Crippen molar-refractivity contribution in [1.82, 2.24) is 9.13 Å². The molecule has 0 atom stereocenters. The fourth-order valence-electron chi connectivity index (χ4n) is 2.75. The van der Waals surface area contributed by atoms with Crippen LogP contribution in [0.1, 0.15) is 6.92 Å². The van der Waals surface area contributed by atoms with Gasteiger partial charge in [0.25, 0.3) is 0 Å². The lowest BCUT2D eigenvalue weighted by Gasteiger charge is -2.09. The molecule has 2 amide bonds. The van der Waals surface area contributed by atoms with Crippen LogP contribution in [-0.2, 0) is 23.2 Å². The van der Waals surface area contributed by atoms with Crippen molar-refractivity contribution < 1.29 is 14.0 Å². The summed E-state index contributed by atoms with van der Waals surface area (Å²) in [5.74, 6) is -1.50. The Morgan fingerprint density at radius 1 is 1.08 bits per heavy atom. The molecule has 0 aliphatic carbocycles. The Morgan fingerprint density at radius 2 is 1.77 bits per heavy atom. The van der Waals surface area contributed by atoms with E-state index in [0.717, 1.165) is 6.07 Å². The van der Waals surface area contributed by atoms with Crippen molar-refractivity contribution in [3.05, 3.63) is 58.8 Å². The summed E-state index contributed by atoms with van der Waals surface area (Å²) < 4.78 is 16.7. The normalized spacial score (nSPS) is 10.7. The summed E-state index contributed by atoms with van der Waals surface area (Å²) >= 11 is 0. The van der Waals surface area contributed by atoms with Crippen LogP contribution in [0.25, 0.3) is 11.0 Å². The molecule has 7 nitrogen and oxygen atoms in total. The van der Waals surface area contributed by atoms with Crippen LogP contribution < -0.4 is 16.3 Å². The number of nitrogens with one attached hydrogen (secondary N) is 2. The molecule has 0 fully saturated rings. The average Bonchev–Trinajstić information content (AvgIpc) is 2.83. The highest BCUT2D eigenvalue weighted by Gasteiger charge is 2.14. The van der Waals surface area contributed by atoms with Crippen molar-refractivity contribution in [2.75, 3.05) is 10.6 Å². The van der Waals surface area contributed by atoms with E-state index in [2.05, 4.69) is 10.6 Å². The number of carbonyl (C=O) groups excluding carboxylic acids is 2. The number of carbonyl (C=O) groups is 2. The maximum atomic E-state index is 13.9. The molecule has 0 radical (unpaired) electrons. The van der Waals surface area contributed by atoms with Crippen LogP contribution >= 0.6 is 0 Å². The number of aryl methyl sites for hydroxylation is 1. The van der Waals surface area contributed by atoms with E-state index in [0.29, 0.717) is 16.7 Å². The zero-order valence-corrected chi connectivity index (χ0v) is 14.2. The number of amides is 2. The molecule has 1 aromatic heterocycles. The lowest BCUT2D eigenvalue weighted by atomic mass is 10.2. The lowest BCUT2D eigenvalue weighted by molar-refractivity contribution is -0.117. The topological polar surface area (TPSA) is 85.1 Å². The SMILES string of the molecule is CC(=O)Nc1ccc(F)c(NC(=O)Cn2c(=O)n(C)c3ccccc32)c1. The molecule has 3 aromatic rings. The van der Waals surface area contributed by atoms with Gasteiger partial charge in [-0.25, -0.2) is 9.18 Å². The maximum Gasteiger partial charge on any atom is 0.329 e. The molecule has 0 spiro atoms. The third-order valence-electron chi connectivity index (χ3n) is 3.91. The number of imidazole rings is 1. The van der Waals surface area contributed by atoms with E-state index in [-0.39, 0.29) is 23.8 Å². The Bertz CT molecular complexity index is 1070. The molecule has 2 aromatic carbocycles. The first-order valence-corrected chi connectivity index (χ1v) is 7.88. The average molecular weight is 356 g/mol. The Morgan fingerprint density at radius 3 is 2.46 bits per heavy atom. The van der Waals surface area contributed by atoms with Gasteiger partial charge in [-0.05, 0) is 30.3 Å². The largest absolute Gasteiger partial charge is 0.329 e. The monoisotopic (exact) mass is 356 g/mol. The minimum absolute atomic E-state index is 0.0745. The van der Waals surface area contributed by atoms with E-state index in [9.17, 15) is 18.8 Å². The highest BCUT2D eigenvalue weighted by Crippen LogP contribution is 2.20. The zero-order valence-electron chi connectivity index (χ0n) is 14.2. The van der Waals surface area contributed by atoms with Crippen LogP contribution in [0.3, 0.4) is 0 Å². The second-order valence-corrected chi connectivity index (χ2v) is 5.84. The summed E-state index contributed by atoms with van der Waals surface area (Å²) in [6.07, 6.45) is 0. The summed E-state index contributed by atoms with van der Waals surface area (Å²) in [6, 6.07) is 10.9. The first kappa shape index (κ1) is 17.4. The van der Waals surface area contributed by atoms with Gasteiger partial charge in [0.2, 0.25) is 11.8 Å². The Kier molecular flexibility index (Phi) is 4.57. The molecule has 0 unspecified atom stereocenters. The number of anilines is 2. The van der Waals surface area contributed by atoms with Crippen molar-refractivity contribution in [3.63, 3.8) is 0 Å². The minimum Gasteiger partial charge on any atom is -0.326 e. The van der Waals surface area contributed by atoms with Crippen LogP contribution in [0.15, 0.2) is 47.3 Å². The van der Waals surface area contributed by atoms with E-state index in [4.69, 9.17) is 0 Å². The molecule has 0 bridgehead atoms. The molecular formula is C18H17FN4O3. The molecule has 8 heteroatoms. The van der Waals surface area contributed by atoms with Gasteiger partial charge in [0.15, 0.2) is 0 Å². The van der Waals surface area contributed by atoms with Crippen molar-refractivity contribution in [3.8, 4) is 0 Å². The minimum atomic E-state index is -0.641. The van der Waals surface area contributed by atoms with Crippen LogP contribution in [-0.4, -0.2) is 20.9 Å². The predicted octanol–water partition coefficient (Wildman–Crippen LogP) is 2.08. The lowest BCUT2D eigenvalue weighted by Crippen LogP contribution is -2.28. The molecule has 3 rings (SSSR count). The van der Waals surface area contributed by atoms with Gasteiger partial charge in [0, 0.05) is 19.7 Å². The molecule has 2 N–H and O–H groups in total. The van der Waals surface area contributed by atoms with E-state index >= 15 is 0 Å². The van der Waals surface area contributed by atoms with Gasteiger partial charge in [0.05, 0.1) is 16.7 Å². The molecule has 26 heavy (non-hydrogen) atoms. The second-order valence-electron chi connectivity index (χ2n) is 5.84. The summed E-state index contributed by atoms with van der Waals surface area (Å²) in [6.45, 7) is 1.07. The van der Waals surface area contributed by atoms with Crippen molar-refractivity contribution in [2.45, 2.75) is 13.5 Å². The summed E-state index contributed by atoms with van der Waals surface area (Å²) in [5.41, 5.74) is 1.26. The van der Waals surface area contributed by atoms with Crippen LogP contribution in [0.4, 0.5) is 15.8 Å². The number of nitrogens with zero attached hydrogens (tertiary/aromatic N) is 2. The van der Waals surface area contributed by atoms with Crippen molar-refractivity contribution in [2.24, 2.45) is 7.05 Å². The Balaban J connectivity index is 1.85. The smallest absolute Gasteiger partial charge is 0.326 e. The molecule has 0 aliphatic rings. The fourth-order valence-corrected chi connectivity index (χ4v) is 2.75. The van der Waals surface area contributed by atoms with Crippen LogP contribution in [0, 0.1) is 5.82 Å². The second kappa shape index (κ2) is 6.83. The van der Waals surface area contributed by atoms with Crippen molar-refractivity contribution >= 4 is 34.2 Å². The van der Waals surface area contributed by atoms with E-state index in [1.165, 1.54) is 28.2 Å². The summed E-state index contributed by atoms with van der Waals surface area (Å²) in [7, 11) is 1.62. The number of fused-ring (bicyclic) bond motifs is 1. The van der Waals surface area contributed by atoms with E-state index < -0.39 is 11.7 Å². The number of aromatic nitrogens is 2. The van der Waals surface area contributed by atoms with Gasteiger partial charge >= 0.3 is 5.69 Å². The van der Waals surface area contributed by atoms with Crippen LogP contribution in [0.2, 0.25) is 0 Å². The molecule has 0 aliphatic heterocycles. The number of hydrogen-bond acceptors (Lipinski definition) is 3. The van der Waals surface area contributed by atoms with Gasteiger partial charge in [0.1, 0.15) is 12.4 Å². The third-order valence-corrected chi connectivity index (χ3v) is 3.91. The van der Waals surface area contributed by atoms with Gasteiger partial charge in [-0.15, -0.1) is 0 Å². The van der Waals surface area contributed by atoms with E-state index in [1.807, 2.05) is 0 Å². The first-order chi connectivity index (χ1) is 12.4. The van der Waals surface area contributed by atoms with Crippen molar-refractivity contribution in [1.29, 1.82) is 0 Å².